The normalized spacial score (nSPS) is 14.8. The number of carbonyl (C=O) groups excluding carboxylic acids is 1. The molecule has 3 N–H and O–H groups in total. The fourth-order valence-corrected chi connectivity index (χ4v) is 1.88. The maximum atomic E-state index is 11.9. The molecule has 1 amide bonds. The third-order valence-electron chi connectivity index (χ3n) is 2.85. The Labute approximate surface area is 119 Å². The van der Waals surface area contributed by atoms with E-state index in [0.29, 0.717) is 5.02 Å². The number of halogens is 1. The van der Waals surface area contributed by atoms with Crippen LogP contribution in [0.15, 0.2) is 24.3 Å². The Morgan fingerprint density at radius 2 is 1.89 bits per heavy atom. The van der Waals surface area contributed by atoms with Crippen molar-refractivity contribution in [3.63, 3.8) is 0 Å². The molecular formula is C14H21ClN2O2. The van der Waals surface area contributed by atoms with Gasteiger partial charge in [-0.15, -0.1) is 0 Å². The first kappa shape index (κ1) is 16.0. The second kappa shape index (κ2) is 6.37. The van der Waals surface area contributed by atoms with Crippen molar-refractivity contribution in [2.75, 3.05) is 7.11 Å². The van der Waals surface area contributed by atoms with E-state index < -0.39 is 5.54 Å². The van der Waals surface area contributed by atoms with Crippen LogP contribution in [0.2, 0.25) is 5.02 Å². The van der Waals surface area contributed by atoms with Gasteiger partial charge in [-0.05, 0) is 38.5 Å². The summed E-state index contributed by atoms with van der Waals surface area (Å²) < 4.78 is 5.45. The van der Waals surface area contributed by atoms with Gasteiger partial charge in [-0.25, -0.2) is 0 Å². The molecule has 0 heterocycles. The zero-order valence-electron chi connectivity index (χ0n) is 11.7. The molecule has 19 heavy (non-hydrogen) atoms. The van der Waals surface area contributed by atoms with E-state index in [9.17, 15) is 4.79 Å². The van der Waals surface area contributed by atoms with Gasteiger partial charge in [-0.1, -0.05) is 23.7 Å². The highest BCUT2D eigenvalue weighted by Crippen LogP contribution is 2.22. The minimum Gasteiger partial charge on any atom is -0.375 e. The first-order valence-corrected chi connectivity index (χ1v) is 6.51. The van der Waals surface area contributed by atoms with Gasteiger partial charge in [0.25, 0.3) is 0 Å². The largest absolute Gasteiger partial charge is 0.375 e. The Morgan fingerprint density at radius 3 is 2.32 bits per heavy atom. The van der Waals surface area contributed by atoms with Crippen LogP contribution in [0, 0.1) is 0 Å². The van der Waals surface area contributed by atoms with E-state index in [2.05, 4.69) is 5.32 Å². The predicted octanol–water partition coefficient (Wildman–Crippen LogP) is 2.27. The van der Waals surface area contributed by atoms with Crippen LogP contribution < -0.4 is 11.1 Å². The Hall–Kier alpha value is -1.10. The van der Waals surface area contributed by atoms with Crippen molar-refractivity contribution < 1.29 is 9.53 Å². The highest BCUT2D eigenvalue weighted by Gasteiger charge is 2.27. The summed E-state index contributed by atoms with van der Waals surface area (Å²) in [6, 6.07) is 7.16. The van der Waals surface area contributed by atoms with Gasteiger partial charge in [0.15, 0.2) is 0 Å². The number of carbonyl (C=O) groups is 1. The molecule has 0 aliphatic rings. The molecule has 0 fully saturated rings. The molecule has 0 radical (unpaired) electrons. The van der Waals surface area contributed by atoms with Gasteiger partial charge < -0.3 is 15.8 Å². The van der Waals surface area contributed by atoms with Crippen LogP contribution in [0.4, 0.5) is 0 Å². The zero-order chi connectivity index (χ0) is 14.6. The molecule has 0 spiro atoms. The van der Waals surface area contributed by atoms with E-state index in [1.807, 2.05) is 19.1 Å². The van der Waals surface area contributed by atoms with E-state index in [-0.39, 0.29) is 18.1 Å². The lowest BCUT2D eigenvalue weighted by atomic mass is 10.0. The van der Waals surface area contributed by atoms with Gasteiger partial charge in [0.2, 0.25) is 5.91 Å². The molecule has 2 unspecified atom stereocenters. The summed E-state index contributed by atoms with van der Waals surface area (Å²) in [6.07, 6.45) is -0.247. The molecule has 0 aliphatic carbocycles. The van der Waals surface area contributed by atoms with Crippen LogP contribution in [0.1, 0.15) is 32.4 Å². The fourth-order valence-electron chi connectivity index (χ4n) is 1.75. The average molecular weight is 285 g/mol. The smallest absolute Gasteiger partial charge is 0.239 e. The van der Waals surface area contributed by atoms with Crippen LogP contribution in [0.5, 0.6) is 0 Å². The maximum Gasteiger partial charge on any atom is 0.239 e. The molecule has 5 heteroatoms. The Kier molecular flexibility index (Phi) is 5.35. The summed E-state index contributed by atoms with van der Waals surface area (Å²) in [6.45, 7) is 5.21. The molecule has 0 saturated carbocycles. The number of hydrogen-bond acceptors (Lipinski definition) is 3. The number of ether oxygens (including phenoxy) is 1. The predicted molar refractivity (Wildman–Crippen MR) is 77.1 cm³/mol. The summed E-state index contributed by atoms with van der Waals surface area (Å²) in [4.78, 5) is 11.9. The van der Waals surface area contributed by atoms with Crippen molar-refractivity contribution in [3.8, 4) is 0 Å². The van der Waals surface area contributed by atoms with E-state index in [0.717, 1.165) is 5.56 Å². The van der Waals surface area contributed by atoms with Gasteiger partial charge in [-0.3, -0.25) is 4.79 Å². The highest BCUT2D eigenvalue weighted by atomic mass is 35.5. The Balaban J connectivity index is 2.80. The maximum absolute atomic E-state index is 11.9. The van der Waals surface area contributed by atoms with E-state index >= 15 is 0 Å². The molecule has 0 aromatic heterocycles. The van der Waals surface area contributed by atoms with Crippen LogP contribution >= 0.6 is 11.6 Å². The van der Waals surface area contributed by atoms with E-state index in [1.54, 1.807) is 33.1 Å². The first-order chi connectivity index (χ1) is 8.75. The summed E-state index contributed by atoms with van der Waals surface area (Å²) in [5.41, 5.74) is 5.80. The quantitative estimate of drug-likeness (QED) is 0.872. The van der Waals surface area contributed by atoms with Crippen molar-refractivity contribution in [3.05, 3.63) is 34.9 Å². The number of rotatable bonds is 5. The van der Waals surface area contributed by atoms with Crippen LogP contribution in [-0.4, -0.2) is 24.6 Å². The van der Waals surface area contributed by atoms with Gasteiger partial charge >= 0.3 is 0 Å². The molecule has 0 aliphatic heterocycles. The topological polar surface area (TPSA) is 64.3 Å². The van der Waals surface area contributed by atoms with E-state index in [4.69, 9.17) is 22.1 Å². The number of benzene rings is 1. The minimum atomic E-state index is -0.910. The average Bonchev–Trinajstić information content (AvgIpc) is 2.31. The number of nitrogens with two attached hydrogens (primary N) is 1. The van der Waals surface area contributed by atoms with Crippen molar-refractivity contribution in [2.45, 2.75) is 38.5 Å². The molecular weight excluding hydrogens is 264 g/mol. The fraction of sp³-hybridized carbons (Fsp3) is 0.500. The first-order valence-electron chi connectivity index (χ1n) is 6.14. The Morgan fingerprint density at radius 1 is 1.37 bits per heavy atom. The second-order valence-corrected chi connectivity index (χ2v) is 5.63. The Bertz CT molecular complexity index is 426. The number of nitrogens with one attached hydrogen (secondary N) is 1. The van der Waals surface area contributed by atoms with Gasteiger partial charge in [0.1, 0.15) is 6.10 Å². The highest BCUT2D eigenvalue weighted by molar-refractivity contribution is 6.30. The summed E-state index contributed by atoms with van der Waals surface area (Å²) in [5, 5.41) is 3.53. The summed E-state index contributed by atoms with van der Waals surface area (Å²) >= 11 is 5.86. The van der Waals surface area contributed by atoms with Crippen molar-refractivity contribution >= 4 is 17.5 Å². The molecule has 2 atom stereocenters. The van der Waals surface area contributed by atoms with E-state index in [1.165, 1.54) is 0 Å². The van der Waals surface area contributed by atoms with Gasteiger partial charge in [-0.2, -0.15) is 0 Å². The lowest BCUT2D eigenvalue weighted by molar-refractivity contribution is -0.126. The molecule has 1 aromatic rings. The zero-order valence-corrected chi connectivity index (χ0v) is 12.5. The molecule has 0 bridgehead atoms. The minimum absolute atomic E-state index is 0.193. The van der Waals surface area contributed by atoms with Crippen LogP contribution in [-0.2, 0) is 9.53 Å². The van der Waals surface area contributed by atoms with Crippen molar-refractivity contribution in [1.82, 2.24) is 5.32 Å². The van der Waals surface area contributed by atoms with Crippen LogP contribution in [0.3, 0.4) is 0 Å². The molecule has 1 rings (SSSR count). The number of amides is 1. The monoisotopic (exact) mass is 284 g/mol. The van der Waals surface area contributed by atoms with Gasteiger partial charge in [0.05, 0.1) is 11.6 Å². The number of methoxy groups -OCH3 is 1. The molecule has 4 nitrogen and oxygen atoms in total. The summed E-state index contributed by atoms with van der Waals surface area (Å²) in [5.74, 6) is -0.212. The second-order valence-electron chi connectivity index (χ2n) is 5.19. The molecule has 0 saturated heterocycles. The van der Waals surface area contributed by atoms with Crippen molar-refractivity contribution in [1.29, 1.82) is 0 Å². The van der Waals surface area contributed by atoms with Crippen molar-refractivity contribution in [2.24, 2.45) is 5.73 Å². The third kappa shape index (κ3) is 4.49. The van der Waals surface area contributed by atoms with Crippen LogP contribution in [0.25, 0.3) is 0 Å². The lowest BCUT2D eigenvalue weighted by Gasteiger charge is -2.27. The van der Waals surface area contributed by atoms with Gasteiger partial charge in [0, 0.05) is 12.1 Å². The number of hydrogen-bond donors (Lipinski definition) is 2. The standard InChI is InChI=1S/C14H21ClN2O2/c1-9(17-13(18)14(2,3)16)12(19-4)10-5-7-11(15)8-6-10/h5-9,12H,16H2,1-4H3,(H,17,18). The molecule has 1 aromatic carbocycles. The SMILES string of the molecule is COC(c1ccc(Cl)cc1)C(C)NC(=O)C(C)(C)N. The summed E-state index contributed by atoms with van der Waals surface area (Å²) in [7, 11) is 1.61. The third-order valence-corrected chi connectivity index (χ3v) is 3.10. The molecule has 106 valence electrons. The lowest BCUT2D eigenvalue weighted by Crippen LogP contribution is -2.52.